The van der Waals surface area contributed by atoms with E-state index >= 15 is 0 Å². The smallest absolute Gasteiger partial charge is 0.260 e. The first-order chi connectivity index (χ1) is 10.4. The van der Waals surface area contributed by atoms with Gasteiger partial charge in [0, 0.05) is 12.6 Å². The molecule has 1 aromatic rings. The van der Waals surface area contributed by atoms with Crippen molar-refractivity contribution in [3.63, 3.8) is 0 Å². The third-order valence-corrected chi connectivity index (χ3v) is 3.09. The molecule has 3 atom stereocenters. The number of hydrogen-bond acceptors (Lipinski definition) is 7. The van der Waals surface area contributed by atoms with Crippen LogP contribution >= 0.6 is 0 Å². The van der Waals surface area contributed by atoms with Crippen LogP contribution in [-0.2, 0) is 9.53 Å². The molecule has 0 saturated carbocycles. The zero-order valence-electron chi connectivity index (χ0n) is 11.9. The first kappa shape index (κ1) is 16.1. The van der Waals surface area contributed by atoms with E-state index in [0.29, 0.717) is 11.4 Å². The normalized spacial score (nSPS) is 25.0. The van der Waals surface area contributed by atoms with Crippen LogP contribution in [0.5, 0.6) is 5.75 Å². The molecular weight excluding hydrogens is 292 g/mol. The Balaban J connectivity index is 2.11. The highest BCUT2D eigenvalue weighted by Crippen LogP contribution is 2.25. The van der Waals surface area contributed by atoms with E-state index in [2.05, 4.69) is 5.32 Å². The summed E-state index contributed by atoms with van der Waals surface area (Å²) in [5.74, 6) is -0.285. The van der Waals surface area contributed by atoms with E-state index in [9.17, 15) is 15.0 Å². The summed E-state index contributed by atoms with van der Waals surface area (Å²) in [6.07, 6.45) is -3.52. The van der Waals surface area contributed by atoms with Crippen molar-refractivity contribution in [1.29, 1.82) is 0 Å². The van der Waals surface area contributed by atoms with Crippen molar-refractivity contribution in [2.75, 3.05) is 11.9 Å². The van der Waals surface area contributed by atoms with Gasteiger partial charge in [-0.3, -0.25) is 4.79 Å². The molecule has 0 saturated heterocycles. The van der Waals surface area contributed by atoms with E-state index in [-0.39, 0.29) is 11.6 Å². The Hall–Kier alpha value is -2.29. The highest BCUT2D eigenvalue weighted by molar-refractivity contribution is 5.88. The van der Waals surface area contributed by atoms with Crippen LogP contribution in [-0.4, -0.2) is 46.3 Å². The van der Waals surface area contributed by atoms with Crippen LogP contribution in [0, 0.1) is 0 Å². The molecular formula is C14H18N2O6. The number of anilines is 1. The SMILES string of the molecule is CC(=O)Nc1ccc(O[C@H]2O[C@H](CO)[C@@H](O)C(N)=C2O)cc1. The van der Waals surface area contributed by atoms with Crippen LogP contribution in [0.25, 0.3) is 0 Å². The van der Waals surface area contributed by atoms with Crippen molar-refractivity contribution in [3.05, 3.63) is 35.7 Å². The zero-order chi connectivity index (χ0) is 16.3. The average Bonchev–Trinajstić information content (AvgIpc) is 2.49. The molecule has 0 aromatic heterocycles. The summed E-state index contributed by atoms with van der Waals surface area (Å²) in [5.41, 5.74) is 5.96. The van der Waals surface area contributed by atoms with Crippen LogP contribution in [0.2, 0.25) is 0 Å². The van der Waals surface area contributed by atoms with E-state index in [4.69, 9.17) is 20.3 Å². The molecule has 8 heteroatoms. The van der Waals surface area contributed by atoms with Gasteiger partial charge in [-0.1, -0.05) is 0 Å². The Bertz CT molecular complexity index is 571. The Morgan fingerprint density at radius 2 is 2.05 bits per heavy atom. The number of amides is 1. The number of carbonyl (C=O) groups excluding carboxylic acids is 1. The summed E-state index contributed by atoms with van der Waals surface area (Å²) >= 11 is 0. The highest BCUT2D eigenvalue weighted by Gasteiger charge is 2.36. The monoisotopic (exact) mass is 310 g/mol. The van der Waals surface area contributed by atoms with Gasteiger partial charge in [-0.25, -0.2) is 0 Å². The lowest BCUT2D eigenvalue weighted by Crippen LogP contribution is -2.47. The fourth-order valence-electron chi connectivity index (χ4n) is 1.96. The minimum Gasteiger partial charge on any atom is -0.505 e. The van der Waals surface area contributed by atoms with Crippen molar-refractivity contribution in [2.24, 2.45) is 5.73 Å². The van der Waals surface area contributed by atoms with Gasteiger partial charge >= 0.3 is 0 Å². The van der Waals surface area contributed by atoms with Gasteiger partial charge in [-0.2, -0.15) is 0 Å². The van der Waals surface area contributed by atoms with Gasteiger partial charge in [0.1, 0.15) is 18.0 Å². The number of hydrogen-bond donors (Lipinski definition) is 5. The van der Waals surface area contributed by atoms with Gasteiger partial charge in [0.05, 0.1) is 12.3 Å². The molecule has 22 heavy (non-hydrogen) atoms. The lowest BCUT2D eigenvalue weighted by atomic mass is 10.1. The van der Waals surface area contributed by atoms with Gasteiger partial charge in [0.15, 0.2) is 5.76 Å². The molecule has 1 heterocycles. The van der Waals surface area contributed by atoms with Crippen LogP contribution in [0.3, 0.4) is 0 Å². The Labute approximate surface area is 126 Å². The maximum atomic E-state index is 10.9. The van der Waals surface area contributed by atoms with Crippen molar-refractivity contribution in [1.82, 2.24) is 0 Å². The number of aliphatic hydroxyl groups excluding tert-OH is 3. The third kappa shape index (κ3) is 3.48. The molecule has 1 aromatic carbocycles. The molecule has 120 valence electrons. The van der Waals surface area contributed by atoms with Crippen molar-refractivity contribution in [3.8, 4) is 5.75 Å². The van der Waals surface area contributed by atoms with Gasteiger partial charge in [-0.05, 0) is 24.3 Å². The van der Waals surface area contributed by atoms with Gasteiger partial charge < -0.3 is 35.8 Å². The molecule has 8 nitrogen and oxygen atoms in total. The second-order valence-corrected chi connectivity index (χ2v) is 4.80. The van der Waals surface area contributed by atoms with E-state index in [0.717, 1.165) is 0 Å². The molecule has 6 N–H and O–H groups in total. The number of ether oxygens (including phenoxy) is 2. The number of aliphatic hydroxyl groups is 3. The number of carbonyl (C=O) groups is 1. The second kappa shape index (κ2) is 6.65. The Morgan fingerprint density at radius 3 is 2.59 bits per heavy atom. The van der Waals surface area contributed by atoms with E-state index in [1.165, 1.54) is 6.92 Å². The summed E-state index contributed by atoms with van der Waals surface area (Å²) in [4.78, 5) is 10.9. The molecule has 0 spiro atoms. The number of nitrogens with one attached hydrogen (secondary N) is 1. The van der Waals surface area contributed by atoms with E-state index in [1.807, 2.05) is 0 Å². The summed E-state index contributed by atoms with van der Waals surface area (Å²) in [5, 5.41) is 31.3. The average molecular weight is 310 g/mol. The van der Waals surface area contributed by atoms with Crippen LogP contribution in [0.15, 0.2) is 35.7 Å². The number of rotatable bonds is 4. The molecule has 2 rings (SSSR count). The lowest BCUT2D eigenvalue weighted by Gasteiger charge is -2.32. The maximum Gasteiger partial charge on any atom is 0.260 e. The fraction of sp³-hybridized carbons (Fsp3) is 0.357. The van der Waals surface area contributed by atoms with Gasteiger partial charge in [-0.15, -0.1) is 0 Å². The van der Waals surface area contributed by atoms with Crippen LogP contribution in [0.4, 0.5) is 5.69 Å². The maximum absolute atomic E-state index is 10.9. The largest absolute Gasteiger partial charge is 0.505 e. The lowest BCUT2D eigenvalue weighted by molar-refractivity contribution is -0.168. The standard InChI is InChI=1S/C14H18N2O6/c1-7(18)16-8-2-4-9(5-3-8)21-14-13(20)11(15)12(19)10(6-17)22-14/h2-5,10,12,14,17,19-20H,6,15H2,1H3,(H,16,18)/t10-,12-,14+/m1/s1. The third-order valence-electron chi connectivity index (χ3n) is 3.09. The molecule has 1 aliphatic rings. The number of nitrogens with two attached hydrogens (primary N) is 1. The van der Waals surface area contributed by atoms with Crippen molar-refractivity contribution >= 4 is 11.6 Å². The molecule has 0 bridgehead atoms. The predicted octanol–water partition coefficient (Wildman–Crippen LogP) is -0.170. The fourth-order valence-corrected chi connectivity index (χ4v) is 1.96. The second-order valence-electron chi connectivity index (χ2n) is 4.80. The quantitative estimate of drug-likeness (QED) is 0.521. The molecule has 0 aliphatic carbocycles. The van der Waals surface area contributed by atoms with Crippen molar-refractivity contribution < 1.29 is 29.6 Å². The van der Waals surface area contributed by atoms with Crippen LogP contribution < -0.4 is 15.8 Å². The topological polar surface area (TPSA) is 134 Å². The summed E-state index contributed by atoms with van der Waals surface area (Å²) < 4.78 is 10.7. The Morgan fingerprint density at radius 1 is 1.41 bits per heavy atom. The summed E-state index contributed by atoms with van der Waals surface area (Å²) in [6.45, 7) is 0.919. The summed E-state index contributed by atoms with van der Waals surface area (Å²) in [6, 6.07) is 6.36. The van der Waals surface area contributed by atoms with Crippen molar-refractivity contribution in [2.45, 2.75) is 25.4 Å². The predicted molar refractivity (Wildman–Crippen MR) is 77.0 cm³/mol. The molecule has 0 radical (unpaired) electrons. The minimum atomic E-state index is -1.30. The summed E-state index contributed by atoms with van der Waals surface area (Å²) in [7, 11) is 0. The van der Waals surface area contributed by atoms with Crippen LogP contribution in [0.1, 0.15) is 6.92 Å². The molecule has 1 aliphatic heterocycles. The zero-order valence-corrected chi connectivity index (χ0v) is 11.9. The van der Waals surface area contributed by atoms with E-state index < -0.39 is 30.9 Å². The number of benzene rings is 1. The molecule has 0 fully saturated rings. The first-order valence-electron chi connectivity index (χ1n) is 6.59. The van der Waals surface area contributed by atoms with Gasteiger partial charge in [0.25, 0.3) is 6.29 Å². The van der Waals surface area contributed by atoms with Gasteiger partial charge in [0.2, 0.25) is 5.91 Å². The van der Waals surface area contributed by atoms with E-state index in [1.54, 1.807) is 24.3 Å². The first-order valence-corrected chi connectivity index (χ1v) is 6.59. The molecule has 1 amide bonds. The minimum absolute atomic E-state index is 0.197. The Kier molecular flexibility index (Phi) is 4.86. The molecule has 0 unspecified atom stereocenters. The highest BCUT2D eigenvalue weighted by atomic mass is 16.7.